The molecule has 2 aromatic carbocycles. The molecule has 0 aliphatic carbocycles. The summed E-state index contributed by atoms with van der Waals surface area (Å²) in [5, 5.41) is 0. The number of thiazole rings is 1. The van der Waals surface area contributed by atoms with Crippen molar-refractivity contribution >= 4 is 33.5 Å². The van der Waals surface area contributed by atoms with E-state index in [2.05, 4.69) is 4.99 Å². The van der Waals surface area contributed by atoms with Crippen LogP contribution >= 0.6 is 11.3 Å². The van der Waals surface area contributed by atoms with Crippen LogP contribution in [0.5, 0.6) is 17.2 Å². The number of ether oxygens (including phenoxy) is 4. The monoisotopic (exact) mass is 446 g/mol. The fourth-order valence-electron chi connectivity index (χ4n) is 3.03. The molecule has 7 nitrogen and oxygen atoms in total. The minimum atomic E-state index is -0.452. The Morgan fingerprint density at radius 2 is 1.81 bits per heavy atom. The number of aromatic nitrogens is 1. The third kappa shape index (κ3) is 5.12. The van der Waals surface area contributed by atoms with Gasteiger partial charge in [0.2, 0.25) is 5.75 Å². The summed E-state index contributed by atoms with van der Waals surface area (Å²) in [4.78, 5) is 17.2. The Morgan fingerprint density at radius 3 is 2.42 bits per heavy atom. The number of rotatable bonds is 8. The number of nitrogens with zero attached hydrogens (tertiary/aromatic N) is 2. The standard InChI is InChI=1S/C22H23FN2O5S/c1-27-10-9-25-16-7-6-15(23)13-19(16)31-22(25)24-20(26)8-5-14-11-17(28-2)21(30-4)18(12-14)29-3/h5-8,11-13H,9-10H2,1-4H3/b8-5-,24-22?. The summed E-state index contributed by atoms with van der Waals surface area (Å²) < 4.78 is 37.3. The predicted molar refractivity (Wildman–Crippen MR) is 117 cm³/mol. The molecule has 0 unspecified atom stereocenters. The number of fused-ring (bicyclic) bond motifs is 1. The van der Waals surface area contributed by atoms with Crippen molar-refractivity contribution in [3.63, 3.8) is 0 Å². The first-order valence-corrected chi connectivity index (χ1v) is 10.2. The number of halogens is 1. The predicted octanol–water partition coefficient (Wildman–Crippen LogP) is 3.65. The second-order valence-electron chi connectivity index (χ2n) is 6.38. The van der Waals surface area contributed by atoms with E-state index in [0.29, 0.717) is 45.5 Å². The molecule has 0 aliphatic heterocycles. The zero-order valence-electron chi connectivity index (χ0n) is 17.7. The fourth-order valence-corrected chi connectivity index (χ4v) is 4.11. The number of carbonyl (C=O) groups excluding carboxylic acids is 1. The molecule has 1 amide bonds. The first-order chi connectivity index (χ1) is 15.0. The van der Waals surface area contributed by atoms with Crippen LogP contribution in [0.25, 0.3) is 16.3 Å². The molecule has 3 rings (SSSR count). The molecule has 31 heavy (non-hydrogen) atoms. The summed E-state index contributed by atoms with van der Waals surface area (Å²) in [5.41, 5.74) is 1.48. The van der Waals surface area contributed by atoms with Gasteiger partial charge in [-0.2, -0.15) is 4.99 Å². The van der Waals surface area contributed by atoms with Crippen molar-refractivity contribution in [2.24, 2.45) is 4.99 Å². The lowest BCUT2D eigenvalue weighted by Gasteiger charge is -2.12. The summed E-state index contributed by atoms with van der Waals surface area (Å²) >= 11 is 1.25. The van der Waals surface area contributed by atoms with Crippen LogP contribution in [0, 0.1) is 5.82 Å². The van der Waals surface area contributed by atoms with Crippen molar-refractivity contribution < 1.29 is 28.1 Å². The zero-order valence-corrected chi connectivity index (χ0v) is 18.5. The van der Waals surface area contributed by atoms with E-state index in [4.69, 9.17) is 18.9 Å². The van der Waals surface area contributed by atoms with Crippen LogP contribution in [-0.2, 0) is 16.1 Å². The minimum Gasteiger partial charge on any atom is -0.493 e. The van der Waals surface area contributed by atoms with E-state index >= 15 is 0 Å². The smallest absolute Gasteiger partial charge is 0.272 e. The van der Waals surface area contributed by atoms with Crippen molar-refractivity contribution in [2.45, 2.75) is 6.54 Å². The van der Waals surface area contributed by atoms with Crippen molar-refractivity contribution in [1.29, 1.82) is 0 Å². The molecule has 3 aromatic rings. The summed E-state index contributed by atoms with van der Waals surface area (Å²) in [6, 6.07) is 7.94. The maximum atomic E-state index is 13.6. The van der Waals surface area contributed by atoms with E-state index in [-0.39, 0.29) is 5.82 Å². The molecular weight excluding hydrogens is 423 g/mol. The lowest BCUT2D eigenvalue weighted by Crippen LogP contribution is -2.18. The molecule has 0 bridgehead atoms. The van der Waals surface area contributed by atoms with E-state index < -0.39 is 5.91 Å². The lowest BCUT2D eigenvalue weighted by molar-refractivity contribution is -0.113. The van der Waals surface area contributed by atoms with Crippen molar-refractivity contribution in [1.82, 2.24) is 4.57 Å². The van der Waals surface area contributed by atoms with E-state index in [0.717, 1.165) is 5.52 Å². The van der Waals surface area contributed by atoms with Gasteiger partial charge in [-0.25, -0.2) is 4.39 Å². The minimum absolute atomic E-state index is 0.340. The number of hydrogen-bond acceptors (Lipinski definition) is 6. The van der Waals surface area contributed by atoms with Crippen LogP contribution in [0.4, 0.5) is 4.39 Å². The van der Waals surface area contributed by atoms with Crippen molar-refractivity contribution in [2.75, 3.05) is 35.0 Å². The van der Waals surface area contributed by atoms with Crippen LogP contribution in [0.3, 0.4) is 0 Å². The maximum absolute atomic E-state index is 13.6. The Hall–Kier alpha value is -3.17. The van der Waals surface area contributed by atoms with Crippen molar-refractivity contribution in [3.05, 3.63) is 52.6 Å². The van der Waals surface area contributed by atoms with Gasteiger partial charge in [-0.15, -0.1) is 0 Å². The first-order valence-electron chi connectivity index (χ1n) is 9.35. The third-order valence-corrected chi connectivity index (χ3v) is 5.52. The van der Waals surface area contributed by atoms with E-state index in [1.165, 1.54) is 50.9 Å². The molecule has 1 aromatic heterocycles. The van der Waals surface area contributed by atoms with Gasteiger partial charge in [0, 0.05) is 19.7 Å². The highest BCUT2D eigenvalue weighted by Crippen LogP contribution is 2.38. The van der Waals surface area contributed by atoms with E-state index in [1.807, 2.05) is 4.57 Å². The van der Waals surface area contributed by atoms with Crippen LogP contribution in [-0.4, -0.2) is 45.5 Å². The molecule has 0 fully saturated rings. The highest BCUT2D eigenvalue weighted by atomic mass is 32.1. The lowest BCUT2D eigenvalue weighted by atomic mass is 10.1. The number of amides is 1. The SMILES string of the molecule is COCCn1c(=NC(=O)/C=C\c2cc(OC)c(OC)c(OC)c2)sc2cc(F)ccc21. The normalized spacial score (nSPS) is 12.0. The average Bonchev–Trinajstić information content (AvgIpc) is 3.10. The van der Waals surface area contributed by atoms with Gasteiger partial charge >= 0.3 is 0 Å². The number of carbonyl (C=O) groups is 1. The van der Waals surface area contributed by atoms with Crippen molar-refractivity contribution in [3.8, 4) is 17.2 Å². The topological polar surface area (TPSA) is 71.3 Å². The quantitative estimate of drug-likeness (QED) is 0.494. The molecule has 0 saturated heterocycles. The number of methoxy groups -OCH3 is 4. The van der Waals surface area contributed by atoms with E-state index in [1.54, 1.807) is 31.4 Å². The van der Waals surface area contributed by atoms with Gasteiger partial charge in [-0.3, -0.25) is 4.79 Å². The maximum Gasteiger partial charge on any atom is 0.272 e. The van der Waals surface area contributed by atoms with Crippen LogP contribution in [0.1, 0.15) is 5.56 Å². The molecule has 0 radical (unpaired) electrons. The fraction of sp³-hybridized carbons (Fsp3) is 0.273. The summed E-state index contributed by atoms with van der Waals surface area (Å²) in [7, 11) is 6.16. The third-order valence-electron chi connectivity index (χ3n) is 4.48. The Kier molecular flexibility index (Phi) is 7.43. The van der Waals surface area contributed by atoms with Gasteiger partial charge in [-0.05, 0) is 42.0 Å². The highest BCUT2D eigenvalue weighted by Gasteiger charge is 2.12. The summed E-state index contributed by atoms with van der Waals surface area (Å²) in [6.45, 7) is 0.927. The molecular formula is C22H23FN2O5S. The van der Waals surface area contributed by atoms with E-state index in [9.17, 15) is 9.18 Å². The van der Waals surface area contributed by atoms with Gasteiger partial charge in [0.15, 0.2) is 16.3 Å². The Labute approximate surface area is 183 Å². The molecule has 1 heterocycles. The van der Waals surface area contributed by atoms with Gasteiger partial charge in [0.05, 0.1) is 38.2 Å². The molecule has 9 heteroatoms. The second-order valence-corrected chi connectivity index (χ2v) is 7.39. The van der Waals surface area contributed by atoms with Crippen LogP contribution < -0.4 is 19.0 Å². The van der Waals surface area contributed by atoms with Gasteiger partial charge < -0.3 is 23.5 Å². The zero-order chi connectivity index (χ0) is 22.4. The van der Waals surface area contributed by atoms with Crippen LogP contribution in [0.15, 0.2) is 41.4 Å². The molecule has 0 saturated carbocycles. The molecule has 164 valence electrons. The largest absolute Gasteiger partial charge is 0.493 e. The summed E-state index contributed by atoms with van der Waals surface area (Å²) in [6.07, 6.45) is 2.97. The summed E-state index contributed by atoms with van der Waals surface area (Å²) in [5.74, 6) is 0.638. The number of hydrogen-bond donors (Lipinski definition) is 0. The molecule has 0 atom stereocenters. The molecule has 0 aliphatic rings. The number of benzene rings is 2. The molecule has 0 N–H and O–H groups in total. The Balaban J connectivity index is 1.95. The average molecular weight is 447 g/mol. The van der Waals surface area contributed by atoms with Gasteiger partial charge in [0.1, 0.15) is 5.82 Å². The Morgan fingerprint density at radius 1 is 1.10 bits per heavy atom. The van der Waals surface area contributed by atoms with Crippen LogP contribution in [0.2, 0.25) is 0 Å². The highest BCUT2D eigenvalue weighted by molar-refractivity contribution is 7.16. The second kappa shape index (κ2) is 10.2. The Bertz CT molecular complexity index is 1160. The first kappa shape index (κ1) is 22.5. The molecule has 0 spiro atoms. The van der Waals surface area contributed by atoms with Gasteiger partial charge in [0.25, 0.3) is 5.91 Å². The van der Waals surface area contributed by atoms with Gasteiger partial charge in [-0.1, -0.05) is 11.3 Å².